The third-order valence-electron chi connectivity index (χ3n) is 4.34. The van der Waals surface area contributed by atoms with Crippen molar-refractivity contribution in [1.82, 2.24) is 10.9 Å². The summed E-state index contributed by atoms with van der Waals surface area (Å²) in [5.41, 5.74) is 2.99. The maximum absolute atomic E-state index is 12.9. The molecule has 2 aromatic carbocycles. The van der Waals surface area contributed by atoms with Gasteiger partial charge in [0.2, 0.25) is 5.91 Å². The molecule has 0 spiro atoms. The largest absolute Gasteiger partial charge is 0.469 e. The van der Waals surface area contributed by atoms with Gasteiger partial charge in [0.1, 0.15) is 5.76 Å². The number of alkyl halides is 3. The molecule has 1 heterocycles. The molecular formula is C21H18F3N3O5S. The van der Waals surface area contributed by atoms with Gasteiger partial charge in [-0.1, -0.05) is 12.1 Å². The molecule has 0 aliphatic rings. The van der Waals surface area contributed by atoms with E-state index < -0.39 is 33.6 Å². The maximum Gasteiger partial charge on any atom is 0.416 e. The summed E-state index contributed by atoms with van der Waals surface area (Å²) in [5, 5.41) is 0. The van der Waals surface area contributed by atoms with Crippen LogP contribution >= 0.6 is 0 Å². The molecule has 3 aromatic rings. The molecule has 33 heavy (non-hydrogen) atoms. The third-order valence-corrected chi connectivity index (χ3v) is 5.72. The first kappa shape index (κ1) is 23.9. The van der Waals surface area contributed by atoms with Crippen LogP contribution in [0.3, 0.4) is 0 Å². The van der Waals surface area contributed by atoms with Crippen LogP contribution in [0.25, 0.3) is 0 Å². The summed E-state index contributed by atoms with van der Waals surface area (Å²) >= 11 is 0. The Kier molecular flexibility index (Phi) is 7.07. The van der Waals surface area contributed by atoms with E-state index in [-0.39, 0.29) is 22.6 Å². The Hall–Kier alpha value is -3.80. The molecule has 0 saturated carbocycles. The normalized spacial score (nSPS) is 11.6. The average molecular weight is 481 g/mol. The zero-order chi connectivity index (χ0) is 24.1. The van der Waals surface area contributed by atoms with Crippen molar-refractivity contribution in [3.8, 4) is 0 Å². The lowest BCUT2D eigenvalue weighted by molar-refractivity contribution is -0.137. The van der Waals surface area contributed by atoms with E-state index in [9.17, 15) is 31.2 Å². The van der Waals surface area contributed by atoms with Crippen LogP contribution in [0, 0.1) is 0 Å². The molecule has 0 atom stereocenters. The standard InChI is InChI=1S/C21H18F3N3O5S/c22-21(23,24)15-5-2-6-16(13-15)27-33(30,31)18-8-1-4-14(12-18)20(29)26-25-19(28)10-9-17-7-3-11-32-17/h1-8,11-13,27H,9-10H2,(H,25,28)(H,26,29). The highest BCUT2D eigenvalue weighted by Gasteiger charge is 2.30. The molecule has 0 fully saturated rings. The van der Waals surface area contributed by atoms with Gasteiger partial charge in [-0.2, -0.15) is 13.2 Å². The van der Waals surface area contributed by atoms with Gasteiger partial charge in [0.25, 0.3) is 15.9 Å². The van der Waals surface area contributed by atoms with E-state index in [1.54, 1.807) is 12.1 Å². The predicted molar refractivity (Wildman–Crippen MR) is 111 cm³/mol. The molecule has 3 rings (SSSR count). The number of sulfonamides is 1. The van der Waals surface area contributed by atoms with Crippen LogP contribution < -0.4 is 15.6 Å². The lowest BCUT2D eigenvalue weighted by Crippen LogP contribution is -2.41. The number of hydrazine groups is 1. The smallest absolute Gasteiger partial charge is 0.416 e. The van der Waals surface area contributed by atoms with Crippen molar-refractivity contribution in [3.05, 3.63) is 83.8 Å². The lowest BCUT2D eigenvalue weighted by atomic mass is 10.2. The number of furan rings is 1. The van der Waals surface area contributed by atoms with Gasteiger partial charge in [0.05, 0.1) is 16.7 Å². The number of benzene rings is 2. The fourth-order valence-corrected chi connectivity index (χ4v) is 3.83. The van der Waals surface area contributed by atoms with Gasteiger partial charge in [-0.05, 0) is 48.5 Å². The third kappa shape index (κ3) is 6.59. The number of amides is 2. The van der Waals surface area contributed by atoms with Crippen LogP contribution in [-0.2, 0) is 27.4 Å². The van der Waals surface area contributed by atoms with Crippen molar-refractivity contribution in [2.24, 2.45) is 0 Å². The Morgan fingerprint density at radius 2 is 1.70 bits per heavy atom. The second kappa shape index (κ2) is 9.77. The summed E-state index contributed by atoms with van der Waals surface area (Å²) in [5.74, 6) is -0.671. The van der Waals surface area contributed by atoms with Crippen LogP contribution in [0.4, 0.5) is 18.9 Å². The Morgan fingerprint density at radius 1 is 0.939 bits per heavy atom. The number of hydrogen-bond acceptors (Lipinski definition) is 5. The number of halogens is 3. The topological polar surface area (TPSA) is 118 Å². The van der Waals surface area contributed by atoms with Crippen molar-refractivity contribution >= 4 is 27.5 Å². The minimum absolute atomic E-state index is 0.0448. The molecule has 8 nitrogen and oxygen atoms in total. The number of aryl methyl sites for hydroxylation is 1. The van der Waals surface area contributed by atoms with E-state index in [0.29, 0.717) is 18.2 Å². The zero-order valence-corrected chi connectivity index (χ0v) is 17.7. The molecule has 0 aliphatic carbocycles. The van der Waals surface area contributed by atoms with Crippen molar-refractivity contribution in [1.29, 1.82) is 0 Å². The van der Waals surface area contributed by atoms with Crippen molar-refractivity contribution in [2.75, 3.05) is 4.72 Å². The first-order valence-electron chi connectivity index (χ1n) is 9.46. The highest BCUT2D eigenvalue weighted by Crippen LogP contribution is 2.31. The fraction of sp³-hybridized carbons (Fsp3) is 0.143. The number of carbonyl (C=O) groups is 2. The molecule has 0 bridgehead atoms. The summed E-state index contributed by atoms with van der Waals surface area (Å²) in [4.78, 5) is 23.8. The van der Waals surface area contributed by atoms with Crippen molar-refractivity contribution in [2.45, 2.75) is 23.9 Å². The van der Waals surface area contributed by atoms with E-state index in [1.165, 1.54) is 30.5 Å². The second-order valence-corrected chi connectivity index (χ2v) is 8.48. The molecule has 12 heteroatoms. The second-order valence-electron chi connectivity index (χ2n) is 6.79. The van der Waals surface area contributed by atoms with Gasteiger partial charge in [-0.3, -0.25) is 25.2 Å². The van der Waals surface area contributed by atoms with Gasteiger partial charge in [0.15, 0.2) is 0 Å². The number of carbonyl (C=O) groups excluding carboxylic acids is 2. The molecule has 0 radical (unpaired) electrons. The zero-order valence-electron chi connectivity index (χ0n) is 16.8. The summed E-state index contributed by atoms with van der Waals surface area (Å²) in [7, 11) is -4.29. The predicted octanol–water partition coefficient (Wildman–Crippen LogP) is 3.49. The van der Waals surface area contributed by atoms with E-state index in [1.807, 2.05) is 0 Å². The average Bonchev–Trinajstić information content (AvgIpc) is 3.29. The first-order valence-corrected chi connectivity index (χ1v) is 10.9. The van der Waals surface area contributed by atoms with Crippen LogP contribution in [-0.4, -0.2) is 20.2 Å². The Morgan fingerprint density at radius 3 is 2.39 bits per heavy atom. The quantitative estimate of drug-likeness (QED) is 0.447. The van der Waals surface area contributed by atoms with E-state index in [2.05, 4.69) is 15.6 Å². The molecule has 3 N–H and O–H groups in total. The van der Waals surface area contributed by atoms with E-state index in [4.69, 9.17) is 4.42 Å². The highest BCUT2D eigenvalue weighted by molar-refractivity contribution is 7.92. The van der Waals surface area contributed by atoms with E-state index in [0.717, 1.165) is 18.2 Å². The molecular weight excluding hydrogens is 463 g/mol. The monoisotopic (exact) mass is 481 g/mol. The molecule has 2 amide bonds. The summed E-state index contributed by atoms with van der Waals surface area (Å²) in [6.07, 6.45) is -2.80. The molecule has 0 saturated heterocycles. The summed E-state index contributed by atoms with van der Waals surface area (Å²) < 4.78 is 70.9. The molecule has 0 unspecified atom stereocenters. The van der Waals surface area contributed by atoms with Gasteiger partial charge >= 0.3 is 6.18 Å². The van der Waals surface area contributed by atoms with Gasteiger partial charge in [-0.15, -0.1) is 0 Å². The van der Waals surface area contributed by atoms with Crippen LogP contribution in [0.15, 0.2) is 76.2 Å². The Bertz CT molecular complexity index is 1240. The molecule has 174 valence electrons. The summed E-state index contributed by atoms with van der Waals surface area (Å²) in [6, 6.07) is 11.9. The maximum atomic E-state index is 12.9. The first-order chi connectivity index (χ1) is 15.5. The SMILES string of the molecule is O=C(CCc1ccco1)NNC(=O)c1cccc(S(=O)(=O)Nc2cccc(C(F)(F)F)c2)c1. The Labute approximate surface area is 186 Å². The molecule has 0 aliphatic heterocycles. The minimum atomic E-state index is -4.64. The van der Waals surface area contributed by atoms with Crippen LogP contribution in [0.1, 0.15) is 28.1 Å². The van der Waals surface area contributed by atoms with Crippen LogP contribution in [0.5, 0.6) is 0 Å². The number of rotatable bonds is 7. The van der Waals surface area contributed by atoms with Gasteiger partial charge < -0.3 is 4.42 Å². The summed E-state index contributed by atoms with van der Waals surface area (Å²) in [6.45, 7) is 0. The lowest BCUT2D eigenvalue weighted by Gasteiger charge is -2.12. The molecule has 1 aromatic heterocycles. The van der Waals surface area contributed by atoms with Crippen molar-refractivity contribution < 1.29 is 35.6 Å². The minimum Gasteiger partial charge on any atom is -0.469 e. The van der Waals surface area contributed by atoms with Crippen LogP contribution in [0.2, 0.25) is 0 Å². The van der Waals surface area contributed by atoms with Crippen molar-refractivity contribution in [3.63, 3.8) is 0 Å². The highest BCUT2D eigenvalue weighted by atomic mass is 32.2. The number of anilines is 1. The number of nitrogens with one attached hydrogen (secondary N) is 3. The fourth-order valence-electron chi connectivity index (χ4n) is 2.73. The Balaban J connectivity index is 1.64. The number of hydrogen-bond donors (Lipinski definition) is 3. The van der Waals surface area contributed by atoms with Gasteiger partial charge in [0, 0.05) is 24.1 Å². The van der Waals surface area contributed by atoms with E-state index >= 15 is 0 Å². The van der Waals surface area contributed by atoms with Gasteiger partial charge in [-0.25, -0.2) is 8.42 Å².